The first-order valence-electron chi connectivity index (χ1n) is 16.9. The van der Waals surface area contributed by atoms with E-state index < -0.39 is 59.7 Å². The predicted molar refractivity (Wildman–Crippen MR) is 173 cm³/mol. The number of anilines is 1. The Bertz CT molecular complexity index is 1770. The number of aliphatic hydroxyl groups is 1. The van der Waals surface area contributed by atoms with Crippen LogP contribution < -0.4 is 16.0 Å². The van der Waals surface area contributed by atoms with Crippen LogP contribution in [-0.2, 0) is 20.8 Å². The molecule has 0 radical (unpaired) electrons. The summed E-state index contributed by atoms with van der Waals surface area (Å²) in [6.07, 6.45) is 2.93. The van der Waals surface area contributed by atoms with E-state index in [1.807, 2.05) is 6.07 Å². The third-order valence-corrected chi connectivity index (χ3v) is 10.3. The molecule has 2 aromatic rings. The van der Waals surface area contributed by atoms with Crippen molar-refractivity contribution in [2.24, 2.45) is 5.92 Å². The van der Waals surface area contributed by atoms with Crippen LogP contribution >= 0.6 is 0 Å². The molecule has 3 atom stereocenters. The molecule has 256 valence electrons. The van der Waals surface area contributed by atoms with E-state index in [9.17, 15) is 38.7 Å². The summed E-state index contributed by atoms with van der Waals surface area (Å²) in [6.45, 7) is 3.18. The zero-order valence-electron chi connectivity index (χ0n) is 26.9. The molecule has 5 aliphatic heterocycles. The average molecular weight is 671 g/mol. The zero-order valence-corrected chi connectivity index (χ0v) is 26.9. The number of aryl methyl sites for hydroxylation is 1. The summed E-state index contributed by atoms with van der Waals surface area (Å²) in [5.41, 5.74) is 2.52. The number of amides is 7. The van der Waals surface area contributed by atoms with E-state index in [2.05, 4.69) is 20.9 Å². The second-order valence-corrected chi connectivity index (χ2v) is 13.4. The van der Waals surface area contributed by atoms with Crippen molar-refractivity contribution in [2.75, 3.05) is 31.5 Å². The summed E-state index contributed by atoms with van der Waals surface area (Å²) in [5.74, 6) is -3.23. The highest BCUT2D eigenvalue weighted by Gasteiger charge is 2.47. The monoisotopic (exact) mass is 670 g/mol. The molecule has 5 heterocycles. The first kappa shape index (κ1) is 32.6. The van der Waals surface area contributed by atoms with Gasteiger partial charge in [-0.15, -0.1) is 0 Å². The van der Waals surface area contributed by atoms with Crippen LogP contribution in [0.1, 0.15) is 91.9 Å². The molecule has 5 aliphatic rings. The topological polar surface area (TPSA) is 186 Å². The summed E-state index contributed by atoms with van der Waals surface area (Å²) >= 11 is 0. The van der Waals surface area contributed by atoms with Gasteiger partial charge in [-0.3, -0.25) is 48.7 Å². The SMILES string of the molecule is O=C1CCC(N2C(=O)c3cccc(NCC4CCN(CCCc5cccc6c5C(=O)N(C5CCC(O)NC5=O)C6=O)CC4)c3C2=O)C(=O)N1. The van der Waals surface area contributed by atoms with Gasteiger partial charge >= 0.3 is 0 Å². The van der Waals surface area contributed by atoms with Gasteiger partial charge < -0.3 is 20.6 Å². The van der Waals surface area contributed by atoms with Crippen molar-refractivity contribution in [3.63, 3.8) is 0 Å². The van der Waals surface area contributed by atoms with E-state index in [-0.39, 0.29) is 36.8 Å². The molecule has 0 aromatic heterocycles. The molecule has 0 saturated carbocycles. The minimum Gasteiger partial charge on any atom is -0.384 e. The van der Waals surface area contributed by atoms with Gasteiger partial charge in [0, 0.05) is 18.7 Å². The highest BCUT2D eigenvalue weighted by Crippen LogP contribution is 2.34. The molecule has 49 heavy (non-hydrogen) atoms. The van der Waals surface area contributed by atoms with Crippen molar-refractivity contribution >= 4 is 47.0 Å². The zero-order chi connectivity index (χ0) is 34.4. The molecular formula is C35H38N6O8. The highest BCUT2D eigenvalue weighted by atomic mass is 16.3. The van der Waals surface area contributed by atoms with Crippen LogP contribution in [0.4, 0.5) is 5.69 Å². The molecule has 0 aliphatic carbocycles. The Labute approximate surface area is 282 Å². The number of piperidine rings is 3. The van der Waals surface area contributed by atoms with E-state index in [4.69, 9.17) is 0 Å². The molecule has 4 N–H and O–H groups in total. The van der Waals surface area contributed by atoms with Crippen LogP contribution in [0.5, 0.6) is 0 Å². The third kappa shape index (κ3) is 5.99. The fourth-order valence-corrected chi connectivity index (χ4v) is 7.71. The lowest BCUT2D eigenvalue weighted by molar-refractivity contribution is -0.136. The number of imide groups is 3. The van der Waals surface area contributed by atoms with Gasteiger partial charge in [-0.25, -0.2) is 0 Å². The summed E-state index contributed by atoms with van der Waals surface area (Å²) in [6, 6.07) is 8.37. The van der Waals surface area contributed by atoms with Crippen LogP contribution in [0.15, 0.2) is 36.4 Å². The van der Waals surface area contributed by atoms with Gasteiger partial charge in [0.25, 0.3) is 23.6 Å². The molecule has 14 heteroatoms. The van der Waals surface area contributed by atoms with Gasteiger partial charge in [-0.1, -0.05) is 18.2 Å². The van der Waals surface area contributed by atoms with Crippen molar-refractivity contribution in [1.29, 1.82) is 0 Å². The van der Waals surface area contributed by atoms with E-state index in [0.717, 1.165) is 54.3 Å². The molecule has 3 fully saturated rings. The smallest absolute Gasteiger partial charge is 0.264 e. The van der Waals surface area contributed by atoms with E-state index >= 15 is 0 Å². The molecule has 7 rings (SSSR count). The van der Waals surface area contributed by atoms with Crippen molar-refractivity contribution in [1.82, 2.24) is 25.3 Å². The van der Waals surface area contributed by atoms with Crippen LogP contribution in [0.25, 0.3) is 0 Å². The Hall–Kier alpha value is -4.95. The lowest BCUT2D eigenvalue weighted by Gasteiger charge is -2.32. The number of hydrogen-bond donors (Lipinski definition) is 4. The molecule has 0 spiro atoms. The van der Waals surface area contributed by atoms with E-state index in [1.54, 1.807) is 30.3 Å². The molecule has 3 unspecified atom stereocenters. The summed E-state index contributed by atoms with van der Waals surface area (Å²) in [4.78, 5) is 94.0. The Kier molecular flexibility index (Phi) is 8.75. The van der Waals surface area contributed by atoms with E-state index in [1.165, 1.54) is 0 Å². The minimum atomic E-state index is -1.01. The Morgan fingerprint density at radius 3 is 2.08 bits per heavy atom. The van der Waals surface area contributed by atoms with E-state index in [0.29, 0.717) is 35.7 Å². The first-order chi connectivity index (χ1) is 23.6. The van der Waals surface area contributed by atoms with Gasteiger partial charge in [0.15, 0.2) is 0 Å². The van der Waals surface area contributed by atoms with Crippen molar-refractivity contribution in [3.05, 3.63) is 64.2 Å². The number of rotatable bonds is 9. The van der Waals surface area contributed by atoms with Crippen LogP contribution in [-0.4, -0.2) is 106 Å². The number of likely N-dealkylation sites (tertiary alicyclic amines) is 1. The number of benzene rings is 2. The van der Waals surface area contributed by atoms with Crippen molar-refractivity contribution in [2.45, 2.75) is 69.7 Å². The number of nitrogens with one attached hydrogen (secondary N) is 3. The minimum absolute atomic E-state index is 0.0654. The lowest BCUT2D eigenvalue weighted by atomic mass is 9.95. The summed E-state index contributed by atoms with van der Waals surface area (Å²) in [5, 5.41) is 17.7. The predicted octanol–water partition coefficient (Wildman–Crippen LogP) is 1.04. The Morgan fingerprint density at radius 2 is 1.39 bits per heavy atom. The largest absolute Gasteiger partial charge is 0.384 e. The van der Waals surface area contributed by atoms with Gasteiger partial charge in [-0.05, 0) is 94.3 Å². The molecular weight excluding hydrogens is 632 g/mol. The molecule has 0 bridgehead atoms. The fourth-order valence-electron chi connectivity index (χ4n) is 7.71. The van der Waals surface area contributed by atoms with Crippen molar-refractivity contribution < 1.29 is 38.7 Å². The maximum Gasteiger partial charge on any atom is 0.264 e. The number of hydrogen-bond acceptors (Lipinski definition) is 10. The highest BCUT2D eigenvalue weighted by molar-refractivity contribution is 6.26. The third-order valence-electron chi connectivity index (χ3n) is 10.3. The lowest BCUT2D eigenvalue weighted by Crippen LogP contribution is -2.55. The van der Waals surface area contributed by atoms with Gasteiger partial charge in [0.05, 0.1) is 22.3 Å². The maximum atomic E-state index is 13.4. The number of aliphatic hydroxyl groups excluding tert-OH is 1. The fraction of sp³-hybridized carbons (Fsp3) is 0.457. The second kappa shape index (κ2) is 13.2. The van der Waals surface area contributed by atoms with Gasteiger partial charge in [0.2, 0.25) is 17.7 Å². The molecule has 7 amide bonds. The molecule has 2 aromatic carbocycles. The number of carbonyl (C=O) groups excluding carboxylic acids is 7. The maximum absolute atomic E-state index is 13.4. The Balaban J connectivity index is 0.905. The standard InChI is InChI=1S/C35H38N6O8/c42-26-11-9-24(30(44)37-26)40-32(46)21-6-1-4-20(28(21)34(40)48)5-3-15-39-16-13-19(14-17-39)18-36-23-8-2-7-22-29(23)35(49)41(33(22)47)25-10-12-27(43)38-31(25)45/h1-2,4,6-8,19,24-26,36,42H,3,5,9-18H2,(H,37,44)(H,38,43,45). The van der Waals surface area contributed by atoms with Crippen LogP contribution in [0, 0.1) is 5.92 Å². The molecule has 14 nitrogen and oxygen atoms in total. The molecule has 3 saturated heterocycles. The number of carbonyl (C=O) groups is 7. The number of fused-ring (bicyclic) bond motifs is 2. The van der Waals surface area contributed by atoms with Gasteiger partial charge in [-0.2, -0.15) is 0 Å². The van der Waals surface area contributed by atoms with Crippen LogP contribution in [0.3, 0.4) is 0 Å². The van der Waals surface area contributed by atoms with Crippen molar-refractivity contribution in [3.8, 4) is 0 Å². The normalized spacial score (nSPS) is 24.7. The second-order valence-electron chi connectivity index (χ2n) is 13.4. The van der Waals surface area contributed by atoms with Crippen LogP contribution in [0.2, 0.25) is 0 Å². The summed E-state index contributed by atoms with van der Waals surface area (Å²) < 4.78 is 0. The summed E-state index contributed by atoms with van der Waals surface area (Å²) in [7, 11) is 0. The average Bonchev–Trinajstić information content (AvgIpc) is 3.49. The van der Waals surface area contributed by atoms with Gasteiger partial charge in [0.1, 0.15) is 18.3 Å². The quantitative estimate of drug-likeness (QED) is 0.281. The first-order valence-corrected chi connectivity index (χ1v) is 16.9. The Morgan fingerprint density at radius 1 is 0.735 bits per heavy atom. The number of nitrogens with zero attached hydrogens (tertiary/aromatic N) is 3.